The van der Waals surface area contributed by atoms with Gasteiger partial charge in [-0.3, -0.25) is 4.98 Å². The van der Waals surface area contributed by atoms with Crippen LogP contribution in [0.4, 0.5) is 5.69 Å². The minimum Gasteiger partial charge on any atom is -0.497 e. The van der Waals surface area contributed by atoms with Gasteiger partial charge < -0.3 is 15.4 Å². The maximum Gasteiger partial charge on any atom is 0.120 e. The Morgan fingerprint density at radius 2 is 2.14 bits per heavy atom. The number of aromatic nitrogens is 1. The van der Waals surface area contributed by atoms with E-state index in [1.165, 1.54) is 0 Å². The van der Waals surface area contributed by atoms with Gasteiger partial charge in [-0.15, -0.1) is 0 Å². The van der Waals surface area contributed by atoms with Crippen molar-refractivity contribution in [1.82, 2.24) is 4.98 Å². The Morgan fingerprint density at radius 3 is 2.90 bits per heavy atom. The predicted octanol–water partition coefficient (Wildman–Crippen LogP) is 2.27. The van der Waals surface area contributed by atoms with Gasteiger partial charge in [0.15, 0.2) is 0 Å². The zero-order valence-electron chi connectivity index (χ0n) is 11.7. The predicted molar refractivity (Wildman–Crippen MR) is 84.2 cm³/mol. The van der Waals surface area contributed by atoms with Crippen molar-refractivity contribution in [1.29, 1.82) is 0 Å². The van der Waals surface area contributed by atoms with Crippen LogP contribution in [0.1, 0.15) is 5.56 Å². The lowest BCUT2D eigenvalue weighted by molar-refractivity contribution is 0.415. The molecule has 0 spiro atoms. The Hall–Kier alpha value is -2.82. The van der Waals surface area contributed by atoms with E-state index in [9.17, 15) is 0 Å². The van der Waals surface area contributed by atoms with E-state index >= 15 is 0 Å². The van der Waals surface area contributed by atoms with Gasteiger partial charge in [0.2, 0.25) is 0 Å². The summed E-state index contributed by atoms with van der Waals surface area (Å²) in [6, 6.07) is 11.8. The number of hydrogen-bond acceptors (Lipinski definition) is 5. The molecule has 0 amide bonds. The zero-order chi connectivity index (χ0) is 14.7. The highest BCUT2D eigenvalue weighted by Crippen LogP contribution is 2.29. The molecular formula is C16H16N4O. The summed E-state index contributed by atoms with van der Waals surface area (Å²) >= 11 is 0. The monoisotopic (exact) mass is 280 g/mol. The molecule has 21 heavy (non-hydrogen) atoms. The van der Waals surface area contributed by atoms with Crippen LogP contribution in [0.5, 0.6) is 5.75 Å². The van der Waals surface area contributed by atoms with Crippen LogP contribution < -0.4 is 15.4 Å². The fraction of sp³-hybridized carbons (Fsp3) is 0.125. The van der Waals surface area contributed by atoms with Gasteiger partial charge >= 0.3 is 0 Å². The average molecular weight is 280 g/mol. The molecule has 1 aliphatic rings. The summed E-state index contributed by atoms with van der Waals surface area (Å²) in [5.74, 6) is 1.38. The second-order valence-corrected chi connectivity index (χ2v) is 4.66. The van der Waals surface area contributed by atoms with Crippen molar-refractivity contribution in [2.75, 3.05) is 18.6 Å². The molecule has 0 unspecified atom stereocenters. The molecule has 5 heteroatoms. The summed E-state index contributed by atoms with van der Waals surface area (Å²) < 4.78 is 5.29. The fourth-order valence-electron chi connectivity index (χ4n) is 2.26. The molecule has 0 fully saturated rings. The Balaban J connectivity index is 2.03. The first-order valence-electron chi connectivity index (χ1n) is 6.62. The average Bonchev–Trinajstić information content (AvgIpc) is 2.55. The first kappa shape index (κ1) is 13.2. The molecule has 1 aromatic heterocycles. The van der Waals surface area contributed by atoms with E-state index in [1.54, 1.807) is 19.5 Å². The Kier molecular flexibility index (Phi) is 3.55. The number of aliphatic imine (C=N–C) groups is 1. The van der Waals surface area contributed by atoms with E-state index in [1.807, 2.05) is 42.6 Å². The van der Waals surface area contributed by atoms with Crippen molar-refractivity contribution in [2.45, 2.75) is 0 Å². The lowest BCUT2D eigenvalue weighted by Crippen LogP contribution is -2.35. The van der Waals surface area contributed by atoms with Gasteiger partial charge in [0, 0.05) is 29.7 Å². The van der Waals surface area contributed by atoms with Crippen LogP contribution in [0, 0.1) is 0 Å². The van der Waals surface area contributed by atoms with E-state index in [2.05, 4.69) is 14.9 Å². The highest BCUT2D eigenvalue weighted by atomic mass is 16.5. The third-order valence-electron chi connectivity index (χ3n) is 3.29. The van der Waals surface area contributed by atoms with Crippen molar-refractivity contribution < 1.29 is 4.74 Å². The lowest BCUT2D eigenvalue weighted by Gasteiger charge is -2.29. The van der Waals surface area contributed by atoms with Crippen LogP contribution in [0.25, 0.3) is 5.70 Å². The summed E-state index contributed by atoms with van der Waals surface area (Å²) in [7, 11) is 1.66. The Labute approximate surface area is 123 Å². The molecule has 0 atom stereocenters. The number of amidine groups is 1. The molecule has 2 N–H and O–H groups in total. The van der Waals surface area contributed by atoms with Crippen molar-refractivity contribution >= 4 is 17.2 Å². The van der Waals surface area contributed by atoms with Crippen molar-refractivity contribution in [3.63, 3.8) is 0 Å². The van der Waals surface area contributed by atoms with Gasteiger partial charge in [0.1, 0.15) is 11.6 Å². The first-order chi connectivity index (χ1) is 10.3. The van der Waals surface area contributed by atoms with Gasteiger partial charge in [-0.05, 0) is 24.3 Å². The third-order valence-corrected chi connectivity index (χ3v) is 3.29. The topological polar surface area (TPSA) is 63.7 Å². The van der Waals surface area contributed by atoms with Gasteiger partial charge in [-0.25, -0.2) is 4.99 Å². The third kappa shape index (κ3) is 2.72. The van der Waals surface area contributed by atoms with Crippen molar-refractivity contribution in [3.05, 3.63) is 60.6 Å². The molecule has 1 aliphatic heterocycles. The minimum absolute atomic E-state index is 0.536. The minimum atomic E-state index is 0.536. The molecule has 0 saturated heterocycles. The molecule has 1 aromatic carbocycles. The van der Waals surface area contributed by atoms with Gasteiger partial charge in [0.25, 0.3) is 0 Å². The van der Waals surface area contributed by atoms with Crippen LogP contribution in [0.15, 0.2) is 60.0 Å². The van der Waals surface area contributed by atoms with Crippen LogP contribution in [0.2, 0.25) is 0 Å². The van der Waals surface area contributed by atoms with Gasteiger partial charge in [0.05, 0.1) is 25.6 Å². The number of methoxy groups -OCH3 is 1. The number of ether oxygens (including phenoxy) is 1. The normalized spacial score (nSPS) is 14.4. The molecular weight excluding hydrogens is 264 g/mol. The van der Waals surface area contributed by atoms with Gasteiger partial charge in [-0.2, -0.15) is 0 Å². The maximum absolute atomic E-state index is 5.89. The highest BCUT2D eigenvalue weighted by molar-refractivity contribution is 5.95. The molecule has 106 valence electrons. The molecule has 0 bridgehead atoms. The van der Waals surface area contributed by atoms with E-state index in [0.29, 0.717) is 12.4 Å². The molecule has 0 saturated carbocycles. The number of rotatable bonds is 3. The molecule has 5 nitrogen and oxygen atoms in total. The smallest absolute Gasteiger partial charge is 0.120 e. The summed E-state index contributed by atoms with van der Waals surface area (Å²) in [5.41, 5.74) is 8.85. The molecule has 2 aromatic rings. The van der Waals surface area contributed by atoms with Crippen molar-refractivity contribution in [2.24, 2.45) is 10.7 Å². The second kappa shape index (κ2) is 5.66. The number of pyridine rings is 1. The zero-order valence-corrected chi connectivity index (χ0v) is 11.7. The van der Waals surface area contributed by atoms with Crippen molar-refractivity contribution in [3.8, 4) is 5.75 Å². The van der Waals surface area contributed by atoms with Crippen LogP contribution in [0.3, 0.4) is 0 Å². The summed E-state index contributed by atoms with van der Waals surface area (Å²) in [4.78, 5) is 10.5. The number of benzene rings is 1. The van der Waals surface area contributed by atoms with Crippen LogP contribution in [-0.4, -0.2) is 24.5 Å². The molecule has 0 aliphatic carbocycles. The number of nitrogens with zero attached hydrogens (tertiary/aromatic N) is 3. The Bertz CT molecular complexity index is 694. The largest absolute Gasteiger partial charge is 0.497 e. The van der Waals surface area contributed by atoms with Crippen LogP contribution in [-0.2, 0) is 0 Å². The number of nitrogens with two attached hydrogens (primary N) is 1. The van der Waals surface area contributed by atoms with E-state index in [4.69, 9.17) is 10.5 Å². The number of hydrogen-bond donors (Lipinski definition) is 1. The van der Waals surface area contributed by atoms with Gasteiger partial charge in [-0.1, -0.05) is 6.07 Å². The fourth-order valence-corrected chi connectivity index (χ4v) is 2.26. The summed E-state index contributed by atoms with van der Waals surface area (Å²) in [6.45, 7) is 0.536. The maximum atomic E-state index is 5.89. The van der Waals surface area contributed by atoms with E-state index < -0.39 is 0 Å². The van der Waals surface area contributed by atoms with Crippen LogP contribution >= 0.6 is 0 Å². The SMILES string of the molecule is COc1cccc(N2CC(N)=NC=C2c2cccnc2)c1. The molecule has 3 rings (SSSR count). The molecule has 0 radical (unpaired) electrons. The second-order valence-electron chi connectivity index (χ2n) is 4.66. The standard InChI is InChI=1S/C16H16N4O/c1-21-14-6-2-5-13(8-14)20-11-16(17)19-10-15(20)12-4-3-7-18-9-12/h2-10H,11H2,1H3,(H2,17,19). The molecule has 2 heterocycles. The summed E-state index contributed by atoms with van der Waals surface area (Å²) in [6.07, 6.45) is 5.34. The van der Waals surface area contributed by atoms with E-state index in [0.717, 1.165) is 22.7 Å². The highest BCUT2D eigenvalue weighted by Gasteiger charge is 2.19. The first-order valence-corrected chi connectivity index (χ1v) is 6.62. The summed E-state index contributed by atoms with van der Waals surface area (Å²) in [5, 5.41) is 0. The van der Waals surface area contributed by atoms with E-state index in [-0.39, 0.29) is 0 Å². The Morgan fingerprint density at radius 1 is 1.24 bits per heavy atom. The lowest BCUT2D eigenvalue weighted by atomic mass is 10.1. The quantitative estimate of drug-likeness (QED) is 0.936. The number of anilines is 1.